The van der Waals surface area contributed by atoms with Gasteiger partial charge in [-0.2, -0.15) is 0 Å². The van der Waals surface area contributed by atoms with Crippen LogP contribution in [0.5, 0.6) is 0 Å². The first kappa shape index (κ1) is 19.5. The molecule has 27 heavy (non-hydrogen) atoms. The Kier molecular flexibility index (Phi) is 5.59. The highest BCUT2D eigenvalue weighted by molar-refractivity contribution is 7.89. The topological polar surface area (TPSA) is 75.7 Å². The summed E-state index contributed by atoms with van der Waals surface area (Å²) in [4.78, 5) is 13.7. The van der Waals surface area contributed by atoms with Crippen LogP contribution in [0.15, 0.2) is 47.4 Å². The smallest absolute Gasteiger partial charge is 0.253 e. The van der Waals surface area contributed by atoms with Gasteiger partial charge < -0.3 is 9.64 Å². The fraction of sp³-hybridized carbons (Fsp3) is 0.316. The number of nitrogens with one attached hydrogen (secondary N) is 1. The van der Waals surface area contributed by atoms with Crippen LogP contribution < -0.4 is 9.62 Å². The second kappa shape index (κ2) is 7.75. The molecule has 144 valence electrons. The Morgan fingerprint density at radius 1 is 1.15 bits per heavy atom. The summed E-state index contributed by atoms with van der Waals surface area (Å²) in [6, 6.07) is 10.5. The van der Waals surface area contributed by atoms with E-state index in [2.05, 4.69) is 4.72 Å². The van der Waals surface area contributed by atoms with Crippen molar-refractivity contribution in [2.75, 3.05) is 24.6 Å². The number of benzene rings is 2. The van der Waals surface area contributed by atoms with Crippen molar-refractivity contribution >= 4 is 21.6 Å². The quantitative estimate of drug-likeness (QED) is 0.846. The van der Waals surface area contributed by atoms with Crippen LogP contribution in [0, 0.1) is 19.7 Å². The van der Waals surface area contributed by atoms with E-state index in [1.165, 1.54) is 29.2 Å². The van der Waals surface area contributed by atoms with Crippen LogP contribution in [-0.2, 0) is 19.6 Å². The fourth-order valence-electron chi connectivity index (χ4n) is 2.79. The number of morpholine rings is 1. The molecular weight excluding hydrogens is 371 g/mol. The van der Waals surface area contributed by atoms with E-state index < -0.39 is 21.9 Å². The summed E-state index contributed by atoms with van der Waals surface area (Å²) in [5.41, 5.74) is 2.45. The number of sulfonamides is 1. The molecule has 1 N–H and O–H groups in total. The van der Waals surface area contributed by atoms with Gasteiger partial charge in [-0.05, 0) is 61.4 Å². The second-order valence-corrected chi connectivity index (χ2v) is 8.28. The third kappa shape index (κ3) is 4.52. The lowest BCUT2D eigenvalue weighted by Gasteiger charge is -2.32. The van der Waals surface area contributed by atoms with Crippen LogP contribution in [0.1, 0.15) is 11.1 Å². The molecule has 2 aromatic rings. The maximum absolute atomic E-state index is 13.1. The summed E-state index contributed by atoms with van der Waals surface area (Å²) in [7, 11) is -3.68. The standard InChI is InChI=1S/C19H21FN2O4S/c1-13-3-8-18(9-14(13)2)27(24,25)21-10-17-11-22(19(23)12-26-17)16-6-4-15(20)5-7-16/h3-9,17,21H,10-12H2,1-2H3. The monoisotopic (exact) mass is 392 g/mol. The van der Waals surface area contributed by atoms with Gasteiger partial charge >= 0.3 is 0 Å². The number of carbonyl (C=O) groups excluding carboxylic acids is 1. The molecule has 0 aliphatic carbocycles. The lowest BCUT2D eigenvalue weighted by atomic mass is 10.1. The lowest BCUT2D eigenvalue weighted by Crippen LogP contribution is -2.50. The average molecular weight is 392 g/mol. The van der Waals surface area contributed by atoms with Crippen LogP contribution >= 0.6 is 0 Å². The van der Waals surface area contributed by atoms with E-state index in [-0.39, 0.29) is 30.5 Å². The van der Waals surface area contributed by atoms with E-state index in [9.17, 15) is 17.6 Å². The number of hydrogen-bond donors (Lipinski definition) is 1. The van der Waals surface area contributed by atoms with Crippen molar-refractivity contribution in [2.45, 2.75) is 24.8 Å². The first-order valence-electron chi connectivity index (χ1n) is 8.51. The van der Waals surface area contributed by atoms with Crippen LogP contribution in [0.4, 0.5) is 10.1 Å². The van der Waals surface area contributed by atoms with Crippen molar-refractivity contribution < 1.29 is 22.3 Å². The number of nitrogens with zero attached hydrogens (tertiary/aromatic N) is 1. The van der Waals surface area contributed by atoms with Crippen molar-refractivity contribution in [3.8, 4) is 0 Å². The van der Waals surface area contributed by atoms with Crippen molar-refractivity contribution in [1.82, 2.24) is 4.72 Å². The summed E-state index contributed by atoms with van der Waals surface area (Å²) < 4.78 is 46.1. The molecule has 1 atom stereocenters. The van der Waals surface area contributed by atoms with E-state index in [4.69, 9.17) is 4.74 Å². The zero-order valence-corrected chi connectivity index (χ0v) is 15.9. The Morgan fingerprint density at radius 2 is 1.85 bits per heavy atom. The molecule has 1 saturated heterocycles. The minimum absolute atomic E-state index is 0.0280. The first-order chi connectivity index (χ1) is 12.8. The van der Waals surface area contributed by atoms with Gasteiger partial charge in [0.1, 0.15) is 12.4 Å². The van der Waals surface area contributed by atoms with Crippen molar-refractivity contribution in [2.24, 2.45) is 0 Å². The Bertz CT molecular complexity index is 945. The molecule has 1 fully saturated rings. The van der Waals surface area contributed by atoms with Crippen LogP contribution in [-0.4, -0.2) is 40.1 Å². The van der Waals surface area contributed by atoms with Gasteiger partial charge in [-0.1, -0.05) is 6.07 Å². The van der Waals surface area contributed by atoms with E-state index >= 15 is 0 Å². The number of carbonyl (C=O) groups is 1. The molecule has 8 heteroatoms. The molecular formula is C19H21FN2O4S. The van der Waals surface area contributed by atoms with Gasteiger partial charge in [-0.15, -0.1) is 0 Å². The number of ether oxygens (including phenoxy) is 1. The molecule has 1 unspecified atom stereocenters. The second-order valence-electron chi connectivity index (χ2n) is 6.51. The summed E-state index contributed by atoms with van der Waals surface area (Å²) in [6.45, 7) is 3.81. The molecule has 1 aliphatic heterocycles. The summed E-state index contributed by atoms with van der Waals surface area (Å²) >= 11 is 0. The van der Waals surface area contributed by atoms with Crippen molar-refractivity contribution in [1.29, 1.82) is 0 Å². The molecule has 0 aromatic heterocycles. The maximum atomic E-state index is 13.1. The maximum Gasteiger partial charge on any atom is 0.253 e. The molecule has 1 amide bonds. The molecule has 0 spiro atoms. The molecule has 6 nitrogen and oxygen atoms in total. The van der Waals surface area contributed by atoms with E-state index in [0.29, 0.717) is 5.69 Å². The first-order valence-corrected chi connectivity index (χ1v) is 9.99. The molecule has 0 bridgehead atoms. The zero-order chi connectivity index (χ0) is 19.6. The third-order valence-corrected chi connectivity index (χ3v) is 5.98. The summed E-state index contributed by atoms with van der Waals surface area (Å²) in [6.07, 6.45) is -0.505. The van der Waals surface area contributed by atoms with Gasteiger partial charge in [0.25, 0.3) is 5.91 Å². The summed E-state index contributed by atoms with van der Waals surface area (Å²) in [5.74, 6) is -0.646. The van der Waals surface area contributed by atoms with Gasteiger partial charge in [-0.25, -0.2) is 17.5 Å². The van der Waals surface area contributed by atoms with Gasteiger partial charge in [0.2, 0.25) is 10.0 Å². The van der Waals surface area contributed by atoms with Crippen LogP contribution in [0.2, 0.25) is 0 Å². The molecule has 2 aromatic carbocycles. The molecule has 0 radical (unpaired) electrons. The Morgan fingerprint density at radius 3 is 2.52 bits per heavy atom. The van der Waals surface area contributed by atoms with Gasteiger partial charge in [-0.3, -0.25) is 4.79 Å². The normalized spacial score (nSPS) is 18.0. The Balaban J connectivity index is 1.67. The van der Waals surface area contributed by atoms with Gasteiger partial charge in [0.05, 0.1) is 17.5 Å². The number of amides is 1. The largest absolute Gasteiger partial charge is 0.365 e. The number of anilines is 1. The van der Waals surface area contributed by atoms with Crippen LogP contribution in [0.3, 0.4) is 0 Å². The Labute approximate surface area is 158 Å². The average Bonchev–Trinajstić information content (AvgIpc) is 2.64. The zero-order valence-electron chi connectivity index (χ0n) is 15.1. The molecule has 0 saturated carbocycles. The number of aryl methyl sites for hydroxylation is 2. The molecule has 3 rings (SSSR count). The third-order valence-electron chi connectivity index (χ3n) is 4.56. The summed E-state index contributed by atoms with van der Waals surface area (Å²) in [5, 5.41) is 0. The SMILES string of the molecule is Cc1ccc(S(=O)(=O)NCC2CN(c3ccc(F)cc3)C(=O)CO2)cc1C. The predicted octanol–water partition coefficient (Wildman–Crippen LogP) is 2.15. The fourth-order valence-corrected chi connectivity index (χ4v) is 3.94. The van der Waals surface area contributed by atoms with Gasteiger partial charge in [0.15, 0.2) is 0 Å². The number of rotatable bonds is 5. The van der Waals surface area contributed by atoms with E-state index in [0.717, 1.165) is 11.1 Å². The van der Waals surface area contributed by atoms with Crippen molar-refractivity contribution in [3.63, 3.8) is 0 Å². The Hall–Kier alpha value is -2.29. The number of hydrogen-bond acceptors (Lipinski definition) is 4. The van der Waals surface area contributed by atoms with Gasteiger partial charge in [0, 0.05) is 12.2 Å². The molecule has 1 aliphatic rings. The highest BCUT2D eigenvalue weighted by atomic mass is 32.2. The lowest BCUT2D eigenvalue weighted by molar-refractivity contribution is -0.129. The molecule has 1 heterocycles. The van der Waals surface area contributed by atoms with Crippen molar-refractivity contribution in [3.05, 3.63) is 59.4 Å². The van der Waals surface area contributed by atoms with E-state index in [1.54, 1.807) is 18.2 Å². The predicted molar refractivity (Wildman–Crippen MR) is 99.6 cm³/mol. The minimum Gasteiger partial charge on any atom is -0.365 e. The highest BCUT2D eigenvalue weighted by Gasteiger charge is 2.28. The van der Waals surface area contributed by atoms with Crippen LogP contribution in [0.25, 0.3) is 0 Å². The minimum atomic E-state index is -3.68. The number of halogens is 1. The van der Waals surface area contributed by atoms with E-state index in [1.807, 2.05) is 13.8 Å². The highest BCUT2D eigenvalue weighted by Crippen LogP contribution is 2.20.